The van der Waals surface area contributed by atoms with Crippen molar-refractivity contribution in [1.82, 2.24) is 20.1 Å². The summed E-state index contributed by atoms with van der Waals surface area (Å²) in [6, 6.07) is 8.84. The fraction of sp³-hybridized carbons (Fsp3) is 0.500. The molecule has 1 aliphatic carbocycles. The van der Waals surface area contributed by atoms with E-state index < -0.39 is 0 Å². The molecule has 1 N–H and O–H groups in total. The van der Waals surface area contributed by atoms with Gasteiger partial charge in [0.2, 0.25) is 0 Å². The van der Waals surface area contributed by atoms with Crippen LogP contribution < -0.4 is 10.1 Å². The van der Waals surface area contributed by atoms with Gasteiger partial charge in [0, 0.05) is 26.1 Å². The molecule has 2 aromatic rings. The van der Waals surface area contributed by atoms with Crippen LogP contribution in [0.5, 0.6) is 5.75 Å². The van der Waals surface area contributed by atoms with Gasteiger partial charge in [-0.3, -0.25) is 0 Å². The summed E-state index contributed by atoms with van der Waals surface area (Å²) in [6.07, 6.45) is 5.27. The number of rotatable bonds is 7. The third kappa shape index (κ3) is 3.42. The molecule has 1 aliphatic rings. The molecule has 0 radical (unpaired) electrons. The van der Waals surface area contributed by atoms with Gasteiger partial charge in [-0.05, 0) is 36.5 Å². The first kappa shape index (κ1) is 14.1. The lowest BCUT2D eigenvalue weighted by atomic mass is 10.0. The summed E-state index contributed by atoms with van der Waals surface area (Å²) in [5, 5.41) is 11.7. The lowest BCUT2D eigenvalue weighted by Crippen LogP contribution is -2.26. The predicted molar refractivity (Wildman–Crippen MR) is 81.2 cm³/mol. The first-order valence-corrected chi connectivity index (χ1v) is 7.48. The zero-order chi connectivity index (χ0) is 14.7. The quantitative estimate of drug-likeness (QED) is 0.847. The molecule has 1 aromatic heterocycles. The maximum atomic E-state index is 5.23. The number of methoxy groups -OCH3 is 1. The van der Waals surface area contributed by atoms with Crippen molar-refractivity contribution >= 4 is 0 Å². The van der Waals surface area contributed by atoms with Crippen molar-refractivity contribution in [2.45, 2.75) is 25.3 Å². The van der Waals surface area contributed by atoms with Crippen molar-refractivity contribution in [3.8, 4) is 5.75 Å². The molecule has 0 bridgehead atoms. The maximum Gasteiger partial charge on any atom is 0.133 e. The molecule has 3 rings (SSSR count). The van der Waals surface area contributed by atoms with Crippen LogP contribution in [0.25, 0.3) is 0 Å². The summed E-state index contributed by atoms with van der Waals surface area (Å²) in [6.45, 7) is 0.916. The van der Waals surface area contributed by atoms with Crippen LogP contribution in [0, 0.1) is 5.92 Å². The summed E-state index contributed by atoms with van der Waals surface area (Å²) < 4.78 is 7.20. The van der Waals surface area contributed by atoms with Crippen LogP contribution in [0.2, 0.25) is 0 Å². The minimum atomic E-state index is 0.434. The van der Waals surface area contributed by atoms with Crippen molar-refractivity contribution < 1.29 is 4.74 Å². The van der Waals surface area contributed by atoms with Crippen LogP contribution in [0.3, 0.4) is 0 Å². The number of hydrogen-bond donors (Lipinski definition) is 1. The fourth-order valence-corrected chi connectivity index (χ4v) is 2.67. The Labute approximate surface area is 125 Å². The molecule has 1 heterocycles. The topological polar surface area (TPSA) is 52.0 Å². The van der Waals surface area contributed by atoms with Crippen LogP contribution in [-0.2, 0) is 13.5 Å². The summed E-state index contributed by atoms with van der Waals surface area (Å²) >= 11 is 0. The Morgan fingerprint density at radius 3 is 2.67 bits per heavy atom. The van der Waals surface area contributed by atoms with E-state index in [4.69, 9.17) is 4.74 Å². The second kappa shape index (κ2) is 6.26. The van der Waals surface area contributed by atoms with Gasteiger partial charge in [0.1, 0.15) is 17.9 Å². The fourth-order valence-electron chi connectivity index (χ4n) is 2.67. The van der Waals surface area contributed by atoms with Crippen molar-refractivity contribution in [3.63, 3.8) is 0 Å². The SMILES string of the molecule is COc1ccc(C(NCCc2nncn2C)C2CC2)cc1. The van der Waals surface area contributed by atoms with E-state index in [0.717, 1.165) is 30.5 Å². The molecule has 21 heavy (non-hydrogen) atoms. The molecule has 1 aromatic carbocycles. The number of nitrogens with zero attached hydrogens (tertiary/aromatic N) is 3. The van der Waals surface area contributed by atoms with Crippen LogP contribution in [0.1, 0.15) is 30.3 Å². The average Bonchev–Trinajstić information content (AvgIpc) is 3.27. The number of nitrogens with one attached hydrogen (secondary N) is 1. The molecule has 0 aliphatic heterocycles. The number of aromatic nitrogens is 3. The zero-order valence-electron chi connectivity index (χ0n) is 12.6. The largest absolute Gasteiger partial charge is 0.497 e. The molecule has 1 saturated carbocycles. The molecule has 1 atom stereocenters. The smallest absolute Gasteiger partial charge is 0.133 e. The monoisotopic (exact) mass is 286 g/mol. The Kier molecular flexibility index (Phi) is 4.20. The van der Waals surface area contributed by atoms with Crippen LogP contribution in [0.4, 0.5) is 0 Å². The van der Waals surface area contributed by atoms with E-state index in [1.54, 1.807) is 13.4 Å². The van der Waals surface area contributed by atoms with Crippen LogP contribution in [0.15, 0.2) is 30.6 Å². The van der Waals surface area contributed by atoms with E-state index in [1.165, 1.54) is 18.4 Å². The normalized spacial score (nSPS) is 15.9. The Morgan fingerprint density at radius 1 is 1.33 bits per heavy atom. The highest BCUT2D eigenvalue weighted by Crippen LogP contribution is 2.41. The Morgan fingerprint density at radius 2 is 2.10 bits per heavy atom. The Bertz CT molecular complexity index is 574. The van der Waals surface area contributed by atoms with E-state index in [1.807, 2.05) is 23.7 Å². The second-order valence-corrected chi connectivity index (χ2v) is 5.65. The summed E-state index contributed by atoms with van der Waals surface area (Å²) in [5.41, 5.74) is 1.34. The van der Waals surface area contributed by atoms with E-state index >= 15 is 0 Å². The zero-order valence-corrected chi connectivity index (χ0v) is 12.6. The first-order valence-electron chi connectivity index (χ1n) is 7.48. The van der Waals surface area contributed by atoms with Gasteiger partial charge in [0.05, 0.1) is 7.11 Å². The number of ether oxygens (including phenoxy) is 1. The summed E-state index contributed by atoms with van der Waals surface area (Å²) in [7, 11) is 3.68. The van der Waals surface area contributed by atoms with E-state index in [0.29, 0.717) is 6.04 Å². The highest BCUT2D eigenvalue weighted by atomic mass is 16.5. The molecule has 5 nitrogen and oxygen atoms in total. The Hall–Kier alpha value is -1.88. The third-order valence-corrected chi connectivity index (χ3v) is 4.09. The first-order chi connectivity index (χ1) is 10.3. The lowest BCUT2D eigenvalue weighted by molar-refractivity contribution is 0.413. The number of aryl methyl sites for hydroxylation is 1. The van der Waals surface area contributed by atoms with Crippen molar-refractivity contribution in [2.24, 2.45) is 13.0 Å². The molecule has 0 amide bonds. The molecular formula is C16H22N4O. The molecule has 112 valence electrons. The highest BCUT2D eigenvalue weighted by Gasteiger charge is 2.31. The molecule has 1 unspecified atom stereocenters. The maximum absolute atomic E-state index is 5.23. The van der Waals surface area contributed by atoms with Crippen molar-refractivity contribution in [2.75, 3.05) is 13.7 Å². The van der Waals surface area contributed by atoms with Gasteiger partial charge in [-0.2, -0.15) is 0 Å². The molecular weight excluding hydrogens is 264 g/mol. The summed E-state index contributed by atoms with van der Waals surface area (Å²) in [5.74, 6) is 2.69. The lowest BCUT2D eigenvalue weighted by Gasteiger charge is -2.19. The average molecular weight is 286 g/mol. The van der Waals surface area contributed by atoms with Gasteiger partial charge in [0.15, 0.2) is 0 Å². The molecule has 0 spiro atoms. The van der Waals surface area contributed by atoms with Gasteiger partial charge in [-0.25, -0.2) is 0 Å². The van der Waals surface area contributed by atoms with Gasteiger partial charge >= 0.3 is 0 Å². The second-order valence-electron chi connectivity index (χ2n) is 5.65. The van der Waals surface area contributed by atoms with Crippen LogP contribution in [-0.4, -0.2) is 28.4 Å². The number of benzene rings is 1. The third-order valence-electron chi connectivity index (χ3n) is 4.09. The number of hydrogen-bond acceptors (Lipinski definition) is 4. The van der Waals surface area contributed by atoms with Crippen LogP contribution >= 0.6 is 0 Å². The van der Waals surface area contributed by atoms with Gasteiger partial charge in [-0.15, -0.1) is 10.2 Å². The standard InChI is InChI=1S/C16H22N4O/c1-20-11-18-19-15(20)9-10-17-16(12-3-4-12)13-5-7-14(21-2)8-6-13/h5-8,11-12,16-17H,3-4,9-10H2,1-2H3. The van der Waals surface area contributed by atoms with Gasteiger partial charge in [-0.1, -0.05) is 12.1 Å². The van der Waals surface area contributed by atoms with E-state index in [-0.39, 0.29) is 0 Å². The van der Waals surface area contributed by atoms with Crippen molar-refractivity contribution in [1.29, 1.82) is 0 Å². The minimum absolute atomic E-state index is 0.434. The summed E-state index contributed by atoms with van der Waals surface area (Å²) in [4.78, 5) is 0. The highest BCUT2D eigenvalue weighted by molar-refractivity contribution is 5.30. The van der Waals surface area contributed by atoms with E-state index in [9.17, 15) is 0 Å². The van der Waals surface area contributed by atoms with Crippen molar-refractivity contribution in [3.05, 3.63) is 42.0 Å². The van der Waals surface area contributed by atoms with Gasteiger partial charge in [0.25, 0.3) is 0 Å². The van der Waals surface area contributed by atoms with E-state index in [2.05, 4.69) is 27.6 Å². The molecule has 0 saturated heterocycles. The van der Waals surface area contributed by atoms with Gasteiger partial charge < -0.3 is 14.6 Å². The molecule has 5 heteroatoms. The minimum Gasteiger partial charge on any atom is -0.497 e. The molecule has 1 fully saturated rings. The predicted octanol–water partition coefficient (Wildman–Crippen LogP) is 2.11. The Balaban J connectivity index is 1.60.